The molecule has 0 aliphatic heterocycles. The summed E-state index contributed by atoms with van der Waals surface area (Å²) in [5.74, 6) is 0.421. The summed E-state index contributed by atoms with van der Waals surface area (Å²) in [4.78, 5) is 11.3. The molecule has 0 bridgehead atoms. The number of hydrogen-bond acceptors (Lipinski definition) is 3. The Balaban J connectivity index is 3.30. The van der Waals surface area contributed by atoms with E-state index in [1.165, 1.54) is 9.25 Å². The van der Waals surface area contributed by atoms with Gasteiger partial charge in [0, 0.05) is 13.6 Å². The summed E-state index contributed by atoms with van der Waals surface area (Å²) in [7, 11) is 1.57. The lowest BCUT2D eigenvalue weighted by atomic mass is 10.4. The van der Waals surface area contributed by atoms with Gasteiger partial charge in [-0.25, -0.2) is 9.48 Å². The van der Waals surface area contributed by atoms with E-state index in [9.17, 15) is 9.90 Å². The van der Waals surface area contributed by atoms with Gasteiger partial charge in [-0.3, -0.25) is 4.57 Å². The Kier molecular flexibility index (Phi) is 2.32. The van der Waals surface area contributed by atoms with Gasteiger partial charge in [-0.2, -0.15) is 5.10 Å². The third kappa shape index (κ3) is 1.27. The molecule has 0 fully saturated rings. The van der Waals surface area contributed by atoms with E-state index in [0.717, 1.165) is 0 Å². The molecule has 0 aliphatic carbocycles. The highest BCUT2D eigenvalue weighted by atomic mass is 16.3. The number of nitrogens with zero attached hydrogens (tertiary/aromatic N) is 3. The maximum absolute atomic E-state index is 11.3. The minimum absolute atomic E-state index is 0.187. The predicted molar refractivity (Wildman–Crippen MR) is 43.8 cm³/mol. The maximum Gasteiger partial charge on any atom is 0.345 e. The summed E-state index contributed by atoms with van der Waals surface area (Å²) in [6.07, 6.45) is -0.696. The fraction of sp³-hybridized carbons (Fsp3) is 0.714. The van der Waals surface area contributed by atoms with Crippen molar-refractivity contribution in [3.63, 3.8) is 0 Å². The summed E-state index contributed by atoms with van der Waals surface area (Å²) in [5, 5.41) is 13.1. The average Bonchev–Trinajstić information content (AvgIpc) is 2.29. The quantitative estimate of drug-likeness (QED) is 0.662. The van der Waals surface area contributed by atoms with Crippen molar-refractivity contribution < 1.29 is 5.11 Å². The molecule has 0 aromatic carbocycles. The zero-order valence-electron chi connectivity index (χ0n) is 7.48. The summed E-state index contributed by atoms with van der Waals surface area (Å²) in [6, 6.07) is 0. The second kappa shape index (κ2) is 3.10. The molecule has 0 amide bonds. The molecule has 12 heavy (non-hydrogen) atoms. The fourth-order valence-electron chi connectivity index (χ4n) is 1.13. The summed E-state index contributed by atoms with van der Waals surface area (Å²) >= 11 is 0. The normalized spacial score (nSPS) is 13.3. The van der Waals surface area contributed by atoms with E-state index in [-0.39, 0.29) is 5.69 Å². The van der Waals surface area contributed by atoms with Crippen molar-refractivity contribution in [1.29, 1.82) is 0 Å². The molecule has 0 spiro atoms. The first-order chi connectivity index (χ1) is 5.57. The van der Waals surface area contributed by atoms with Crippen LogP contribution in [0.15, 0.2) is 4.79 Å². The van der Waals surface area contributed by atoms with Crippen LogP contribution in [0.25, 0.3) is 0 Å². The average molecular weight is 171 g/mol. The molecule has 1 N–H and O–H groups in total. The van der Waals surface area contributed by atoms with Gasteiger partial charge in [0.05, 0.1) is 0 Å². The molecule has 5 heteroatoms. The van der Waals surface area contributed by atoms with Gasteiger partial charge in [0.2, 0.25) is 0 Å². The van der Waals surface area contributed by atoms with Crippen molar-refractivity contribution in [2.24, 2.45) is 7.05 Å². The van der Waals surface area contributed by atoms with Crippen molar-refractivity contribution in [1.82, 2.24) is 14.3 Å². The van der Waals surface area contributed by atoms with Gasteiger partial charge < -0.3 is 5.11 Å². The third-order valence-electron chi connectivity index (χ3n) is 1.73. The Labute approximate surface area is 70.2 Å². The number of hydrogen-bond donors (Lipinski definition) is 1. The van der Waals surface area contributed by atoms with Crippen LogP contribution in [0, 0.1) is 0 Å². The monoisotopic (exact) mass is 171 g/mol. The zero-order chi connectivity index (χ0) is 9.30. The first kappa shape index (κ1) is 8.99. The molecule has 1 atom stereocenters. The predicted octanol–water partition coefficient (Wildman–Crippen LogP) is -0.345. The van der Waals surface area contributed by atoms with E-state index in [1.807, 2.05) is 6.92 Å². The Morgan fingerprint density at radius 1 is 1.67 bits per heavy atom. The van der Waals surface area contributed by atoms with Gasteiger partial charge >= 0.3 is 5.69 Å². The van der Waals surface area contributed by atoms with E-state index in [0.29, 0.717) is 12.4 Å². The second-order valence-electron chi connectivity index (χ2n) is 2.68. The molecule has 5 nitrogen and oxygen atoms in total. The molecule has 1 aromatic heterocycles. The topological polar surface area (TPSA) is 60.0 Å². The van der Waals surface area contributed by atoms with E-state index in [4.69, 9.17) is 0 Å². The van der Waals surface area contributed by atoms with Crippen LogP contribution in [0.2, 0.25) is 0 Å². The lowest BCUT2D eigenvalue weighted by Gasteiger charge is -2.02. The van der Waals surface area contributed by atoms with Crippen LogP contribution in [0.4, 0.5) is 0 Å². The highest BCUT2D eigenvalue weighted by molar-refractivity contribution is 4.90. The highest BCUT2D eigenvalue weighted by Crippen LogP contribution is 2.05. The molecule has 0 radical (unpaired) electrons. The molecule has 1 aromatic rings. The highest BCUT2D eigenvalue weighted by Gasteiger charge is 2.13. The van der Waals surface area contributed by atoms with Crippen LogP contribution >= 0.6 is 0 Å². The number of rotatable bonds is 2. The smallest absolute Gasteiger partial charge is 0.345 e. The third-order valence-corrected chi connectivity index (χ3v) is 1.73. The van der Waals surface area contributed by atoms with Crippen LogP contribution in [-0.4, -0.2) is 19.5 Å². The summed E-state index contributed by atoms with van der Waals surface area (Å²) in [6.45, 7) is 3.97. The standard InChI is InChI=1S/C7H13N3O2/c1-4-10-6(5(2)11)8-9(3)7(10)12/h5,11H,4H2,1-3H3. The fourth-order valence-corrected chi connectivity index (χ4v) is 1.13. The molecular formula is C7H13N3O2. The summed E-state index contributed by atoms with van der Waals surface area (Å²) in [5.41, 5.74) is -0.187. The van der Waals surface area contributed by atoms with Crippen LogP contribution in [0.5, 0.6) is 0 Å². The van der Waals surface area contributed by atoms with Crippen molar-refractivity contribution >= 4 is 0 Å². The lowest BCUT2D eigenvalue weighted by Crippen LogP contribution is -2.23. The SMILES string of the molecule is CCn1c(C(C)O)nn(C)c1=O. The number of aromatic nitrogens is 3. The zero-order valence-corrected chi connectivity index (χ0v) is 7.48. The van der Waals surface area contributed by atoms with E-state index in [1.54, 1.807) is 14.0 Å². The van der Waals surface area contributed by atoms with Gasteiger partial charge in [-0.1, -0.05) is 0 Å². The lowest BCUT2D eigenvalue weighted by molar-refractivity contribution is 0.183. The molecule has 0 saturated carbocycles. The van der Waals surface area contributed by atoms with E-state index in [2.05, 4.69) is 5.10 Å². The molecule has 0 saturated heterocycles. The molecular weight excluding hydrogens is 158 g/mol. The maximum atomic E-state index is 11.3. The van der Waals surface area contributed by atoms with Crippen LogP contribution in [0.3, 0.4) is 0 Å². The van der Waals surface area contributed by atoms with Gasteiger partial charge in [-0.05, 0) is 13.8 Å². The number of aryl methyl sites for hydroxylation is 1. The molecule has 0 aliphatic rings. The molecule has 1 heterocycles. The number of aliphatic hydroxyl groups is 1. The van der Waals surface area contributed by atoms with Crippen LogP contribution < -0.4 is 5.69 Å². The Morgan fingerprint density at radius 3 is 2.58 bits per heavy atom. The minimum atomic E-state index is -0.696. The number of aliphatic hydroxyl groups excluding tert-OH is 1. The Hall–Kier alpha value is -1.10. The van der Waals surface area contributed by atoms with E-state index < -0.39 is 6.10 Å². The van der Waals surface area contributed by atoms with Crippen LogP contribution in [-0.2, 0) is 13.6 Å². The van der Waals surface area contributed by atoms with Gasteiger partial charge in [0.1, 0.15) is 6.10 Å². The van der Waals surface area contributed by atoms with Crippen molar-refractivity contribution in [2.45, 2.75) is 26.5 Å². The largest absolute Gasteiger partial charge is 0.385 e. The van der Waals surface area contributed by atoms with Crippen molar-refractivity contribution in [2.75, 3.05) is 0 Å². The minimum Gasteiger partial charge on any atom is -0.385 e. The molecule has 1 rings (SSSR count). The first-order valence-corrected chi connectivity index (χ1v) is 3.89. The van der Waals surface area contributed by atoms with Crippen molar-refractivity contribution in [3.05, 3.63) is 16.3 Å². The second-order valence-corrected chi connectivity index (χ2v) is 2.68. The van der Waals surface area contributed by atoms with Crippen molar-refractivity contribution in [3.8, 4) is 0 Å². The van der Waals surface area contributed by atoms with Gasteiger partial charge in [-0.15, -0.1) is 0 Å². The summed E-state index contributed by atoms with van der Waals surface area (Å²) < 4.78 is 2.68. The van der Waals surface area contributed by atoms with Crippen LogP contribution in [0.1, 0.15) is 25.8 Å². The Bertz CT molecular complexity index is 324. The van der Waals surface area contributed by atoms with Gasteiger partial charge in [0.15, 0.2) is 5.82 Å². The first-order valence-electron chi connectivity index (χ1n) is 3.89. The molecule has 1 unspecified atom stereocenters. The molecule has 68 valence electrons. The van der Waals surface area contributed by atoms with E-state index >= 15 is 0 Å². The van der Waals surface area contributed by atoms with Gasteiger partial charge in [0.25, 0.3) is 0 Å². The Morgan fingerprint density at radius 2 is 2.25 bits per heavy atom.